The first-order valence-corrected chi connectivity index (χ1v) is 10.2. The summed E-state index contributed by atoms with van der Waals surface area (Å²) in [6, 6.07) is 1.07. The molecular formula is C21H27F3N2O3. The molecule has 3 fully saturated rings. The van der Waals surface area contributed by atoms with Crippen LogP contribution in [0.5, 0.6) is 5.88 Å². The maximum atomic E-state index is 12.8. The molecule has 2 saturated carbocycles. The Bertz CT molecular complexity index is 785. The Balaban J connectivity index is 1.26. The first-order chi connectivity index (χ1) is 13.5. The van der Waals surface area contributed by atoms with Crippen LogP contribution >= 0.6 is 0 Å². The average Bonchev–Trinajstić information content (AvgIpc) is 2.59. The molecule has 0 aromatic carbocycles. The van der Waals surface area contributed by atoms with E-state index in [4.69, 9.17) is 4.74 Å². The predicted octanol–water partition coefficient (Wildman–Crippen LogP) is 3.72. The highest BCUT2D eigenvalue weighted by Gasteiger charge is 2.50. The first kappa shape index (κ1) is 20.4. The molecular weight excluding hydrogens is 385 g/mol. The summed E-state index contributed by atoms with van der Waals surface area (Å²) in [5.41, 5.74) is -0.915. The van der Waals surface area contributed by atoms with Gasteiger partial charge in [-0.05, 0) is 63.9 Å². The average molecular weight is 412 g/mol. The van der Waals surface area contributed by atoms with Crippen molar-refractivity contribution in [1.29, 1.82) is 0 Å². The van der Waals surface area contributed by atoms with Crippen LogP contribution in [0.2, 0.25) is 0 Å². The minimum Gasteiger partial charge on any atom is -0.474 e. The molecule has 1 N–H and O–H groups in total. The summed E-state index contributed by atoms with van der Waals surface area (Å²) < 4.78 is 44.1. The van der Waals surface area contributed by atoms with Crippen molar-refractivity contribution < 1.29 is 27.8 Å². The summed E-state index contributed by atoms with van der Waals surface area (Å²) in [5.74, 6) is 0.371. The monoisotopic (exact) mass is 412 g/mol. The number of aliphatic hydroxyl groups is 1. The second kappa shape index (κ2) is 6.86. The number of nitrogens with zero attached hydrogens (tertiary/aromatic N) is 2. The zero-order chi connectivity index (χ0) is 21.0. The number of piperidine rings is 1. The highest BCUT2D eigenvalue weighted by molar-refractivity contribution is 5.80. The number of hydrogen-bond donors (Lipinski definition) is 1. The third-order valence-electron chi connectivity index (χ3n) is 6.81. The number of alkyl halides is 3. The van der Waals surface area contributed by atoms with Gasteiger partial charge in [0.05, 0.1) is 11.2 Å². The van der Waals surface area contributed by atoms with E-state index < -0.39 is 17.3 Å². The van der Waals surface area contributed by atoms with Gasteiger partial charge >= 0.3 is 6.18 Å². The molecule has 1 aliphatic heterocycles. The first-order valence-electron chi connectivity index (χ1n) is 10.2. The predicted molar refractivity (Wildman–Crippen MR) is 99.2 cm³/mol. The van der Waals surface area contributed by atoms with Gasteiger partial charge in [0.15, 0.2) is 0 Å². The normalized spacial score (nSPS) is 29.3. The minimum atomic E-state index is -4.41. The zero-order valence-corrected chi connectivity index (χ0v) is 16.8. The molecule has 0 radical (unpaired) electrons. The van der Waals surface area contributed by atoms with Crippen molar-refractivity contribution in [2.75, 3.05) is 13.1 Å². The van der Waals surface area contributed by atoms with Gasteiger partial charge in [0.2, 0.25) is 11.8 Å². The largest absolute Gasteiger partial charge is 0.474 e. The van der Waals surface area contributed by atoms with Crippen LogP contribution in [0.4, 0.5) is 13.2 Å². The van der Waals surface area contributed by atoms with Crippen LogP contribution in [-0.2, 0) is 11.0 Å². The van der Waals surface area contributed by atoms with Crippen LogP contribution < -0.4 is 4.74 Å². The number of halogens is 3. The Labute approximate surface area is 168 Å². The Morgan fingerprint density at radius 1 is 1.24 bits per heavy atom. The fourth-order valence-corrected chi connectivity index (χ4v) is 5.03. The van der Waals surface area contributed by atoms with E-state index in [1.54, 1.807) is 13.8 Å². The molecule has 1 aromatic heterocycles. The van der Waals surface area contributed by atoms with Crippen LogP contribution in [0.1, 0.15) is 56.6 Å². The van der Waals surface area contributed by atoms with Crippen molar-refractivity contribution in [2.24, 2.45) is 11.3 Å². The molecule has 1 amide bonds. The number of aryl methyl sites for hydroxylation is 1. The summed E-state index contributed by atoms with van der Waals surface area (Å²) in [6.45, 7) is 4.79. The summed E-state index contributed by atoms with van der Waals surface area (Å²) in [4.78, 5) is 18.3. The van der Waals surface area contributed by atoms with Gasteiger partial charge in [-0.15, -0.1) is 0 Å². The zero-order valence-electron chi connectivity index (χ0n) is 16.8. The van der Waals surface area contributed by atoms with Gasteiger partial charge in [0.1, 0.15) is 6.10 Å². The van der Waals surface area contributed by atoms with E-state index in [9.17, 15) is 23.1 Å². The van der Waals surface area contributed by atoms with E-state index in [2.05, 4.69) is 4.98 Å². The number of rotatable bonds is 3. The highest BCUT2D eigenvalue weighted by atomic mass is 19.4. The van der Waals surface area contributed by atoms with Gasteiger partial charge in [-0.1, -0.05) is 0 Å². The molecule has 0 atom stereocenters. The van der Waals surface area contributed by atoms with E-state index in [1.807, 2.05) is 4.90 Å². The number of pyridine rings is 1. The van der Waals surface area contributed by atoms with Crippen LogP contribution in [0.3, 0.4) is 0 Å². The fraction of sp³-hybridized carbons (Fsp3) is 0.714. The molecule has 0 bridgehead atoms. The summed E-state index contributed by atoms with van der Waals surface area (Å²) in [6.07, 6.45) is 0.983. The Hall–Kier alpha value is -1.83. The lowest BCUT2D eigenvalue weighted by atomic mass is 9.61. The third kappa shape index (κ3) is 4.09. The lowest BCUT2D eigenvalue weighted by molar-refractivity contribution is -0.154. The molecule has 0 unspecified atom stereocenters. The van der Waals surface area contributed by atoms with Crippen LogP contribution in [0, 0.1) is 18.3 Å². The summed E-state index contributed by atoms with van der Waals surface area (Å²) in [5, 5.41) is 9.84. The van der Waals surface area contributed by atoms with Crippen LogP contribution in [0.25, 0.3) is 0 Å². The molecule has 1 aromatic rings. The van der Waals surface area contributed by atoms with Crippen molar-refractivity contribution in [3.8, 4) is 5.88 Å². The molecule has 3 aliphatic rings. The van der Waals surface area contributed by atoms with Gasteiger partial charge < -0.3 is 14.7 Å². The fourth-order valence-electron chi connectivity index (χ4n) is 5.03. The van der Waals surface area contributed by atoms with Crippen molar-refractivity contribution in [2.45, 2.75) is 70.3 Å². The third-order valence-corrected chi connectivity index (χ3v) is 6.81. The topological polar surface area (TPSA) is 62.7 Å². The summed E-state index contributed by atoms with van der Waals surface area (Å²) in [7, 11) is 0. The van der Waals surface area contributed by atoms with E-state index in [1.165, 1.54) is 0 Å². The van der Waals surface area contributed by atoms with Crippen molar-refractivity contribution in [3.05, 3.63) is 23.4 Å². The lowest BCUT2D eigenvalue weighted by Gasteiger charge is -2.52. The van der Waals surface area contributed by atoms with E-state index in [0.29, 0.717) is 18.4 Å². The molecule has 5 nitrogen and oxygen atoms in total. The smallest absolute Gasteiger partial charge is 0.417 e. The standard InChI is InChI=1S/C21H27F3N2O3/c1-13-7-15(21(22,23)24)12-25-17(13)29-16-10-20(11-16)3-5-26(6-4-20)18(27)14-8-19(2,28)9-14/h7,12,14,16,28H,3-6,8-11H2,1-2H3/t14-,19+. The Morgan fingerprint density at radius 2 is 1.86 bits per heavy atom. The maximum Gasteiger partial charge on any atom is 0.417 e. The van der Waals surface area contributed by atoms with Gasteiger partial charge in [-0.25, -0.2) is 4.98 Å². The number of carbonyl (C=O) groups is 1. The highest BCUT2D eigenvalue weighted by Crippen LogP contribution is 2.51. The number of likely N-dealkylation sites (tertiary alicyclic amines) is 1. The quantitative estimate of drug-likeness (QED) is 0.822. The van der Waals surface area contributed by atoms with Gasteiger partial charge in [-0.3, -0.25) is 4.79 Å². The van der Waals surface area contributed by atoms with Crippen LogP contribution in [0.15, 0.2) is 12.3 Å². The van der Waals surface area contributed by atoms with Crippen molar-refractivity contribution in [1.82, 2.24) is 9.88 Å². The molecule has 2 heterocycles. The summed E-state index contributed by atoms with van der Waals surface area (Å²) >= 11 is 0. The molecule has 160 valence electrons. The van der Waals surface area contributed by atoms with Crippen molar-refractivity contribution in [3.63, 3.8) is 0 Å². The van der Waals surface area contributed by atoms with Gasteiger partial charge in [0, 0.05) is 30.8 Å². The molecule has 4 rings (SSSR count). The number of ether oxygens (including phenoxy) is 1. The molecule has 2 aliphatic carbocycles. The second-order valence-electron chi connectivity index (χ2n) is 9.42. The maximum absolute atomic E-state index is 12.8. The number of carbonyl (C=O) groups excluding carboxylic acids is 1. The van der Waals surface area contributed by atoms with Gasteiger partial charge in [0.25, 0.3) is 0 Å². The number of amides is 1. The van der Waals surface area contributed by atoms with E-state index in [-0.39, 0.29) is 29.2 Å². The van der Waals surface area contributed by atoms with Gasteiger partial charge in [-0.2, -0.15) is 13.2 Å². The van der Waals surface area contributed by atoms with E-state index >= 15 is 0 Å². The molecule has 8 heteroatoms. The molecule has 29 heavy (non-hydrogen) atoms. The minimum absolute atomic E-state index is 0.0399. The second-order valence-corrected chi connectivity index (χ2v) is 9.42. The number of aromatic nitrogens is 1. The Morgan fingerprint density at radius 3 is 2.38 bits per heavy atom. The molecule has 1 spiro atoms. The van der Waals surface area contributed by atoms with Crippen LogP contribution in [-0.4, -0.2) is 45.7 Å². The Kier molecular flexibility index (Phi) is 4.83. The van der Waals surface area contributed by atoms with E-state index in [0.717, 1.165) is 51.0 Å². The SMILES string of the molecule is Cc1cc(C(F)(F)F)cnc1OC1CC2(CCN(C(=O)[C@H]3C[C@@](C)(O)C3)CC2)C1. The number of hydrogen-bond acceptors (Lipinski definition) is 4. The molecule has 1 saturated heterocycles. The van der Waals surface area contributed by atoms with Crippen molar-refractivity contribution >= 4 is 5.91 Å². The lowest BCUT2D eigenvalue weighted by Crippen LogP contribution is -2.55.